The highest BCUT2D eigenvalue weighted by Crippen LogP contribution is 2.38. The van der Waals surface area contributed by atoms with Gasteiger partial charge in [-0.05, 0) is 49.3 Å². The molecule has 0 spiro atoms. The molecule has 1 aliphatic heterocycles. The number of piperidine rings is 1. The Bertz CT molecular complexity index is 947. The van der Waals surface area contributed by atoms with Crippen molar-refractivity contribution in [1.29, 1.82) is 0 Å². The van der Waals surface area contributed by atoms with Gasteiger partial charge < -0.3 is 4.74 Å². The highest BCUT2D eigenvalue weighted by molar-refractivity contribution is 7.89. The van der Waals surface area contributed by atoms with E-state index < -0.39 is 33.0 Å². The summed E-state index contributed by atoms with van der Waals surface area (Å²) in [5, 5.41) is 3.21. The normalized spacial score (nSPS) is 20.8. The topological polar surface area (TPSA) is 63.7 Å². The molecule has 1 aliphatic rings. The van der Waals surface area contributed by atoms with Crippen molar-refractivity contribution in [1.82, 2.24) is 4.31 Å². The highest BCUT2D eigenvalue weighted by atomic mass is 32.2. The van der Waals surface area contributed by atoms with Gasteiger partial charge in [0.05, 0.1) is 16.9 Å². The Kier molecular flexibility index (Phi) is 6.16. The zero-order valence-corrected chi connectivity index (χ0v) is 17.0. The fourth-order valence-corrected chi connectivity index (χ4v) is 6.12. The van der Waals surface area contributed by atoms with Gasteiger partial charge in [-0.2, -0.15) is 15.6 Å². The van der Waals surface area contributed by atoms with Gasteiger partial charge in [-0.25, -0.2) is 17.2 Å². The molecule has 1 aromatic carbocycles. The van der Waals surface area contributed by atoms with E-state index in [1.165, 1.54) is 33.2 Å². The fourth-order valence-electron chi connectivity index (χ4n) is 3.54. The molecule has 9 heteroatoms. The molecule has 28 heavy (non-hydrogen) atoms. The van der Waals surface area contributed by atoms with E-state index >= 15 is 0 Å². The van der Waals surface area contributed by atoms with Gasteiger partial charge >= 0.3 is 5.97 Å². The SMILES string of the molecule is CCOC(=O)C1(Cc2ccc(F)cc2F)CCCN(S(=O)(=O)c2ccsc2)C1. The molecule has 1 unspecified atom stereocenters. The Morgan fingerprint density at radius 1 is 1.32 bits per heavy atom. The van der Waals surface area contributed by atoms with Crippen LogP contribution in [0.1, 0.15) is 25.3 Å². The largest absolute Gasteiger partial charge is 0.466 e. The van der Waals surface area contributed by atoms with Crippen LogP contribution in [0.2, 0.25) is 0 Å². The zero-order valence-electron chi connectivity index (χ0n) is 15.4. The van der Waals surface area contributed by atoms with Crippen molar-refractivity contribution >= 4 is 27.3 Å². The maximum atomic E-state index is 14.3. The molecule has 0 saturated carbocycles. The molecule has 1 saturated heterocycles. The molecule has 152 valence electrons. The van der Waals surface area contributed by atoms with Crippen molar-refractivity contribution in [3.8, 4) is 0 Å². The van der Waals surface area contributed by atoms with Crippen LogP contribution in [0.4, 0.5) is 8.78 Å². The number of nitrogens with zero attached hydrogens (tertiary/aromatic N) is 1. The summed E-state index contributed by atoms with van der Waals surface area (Å²) in [4.78, 5) is 13.0. The third-order valence-corrected chi connectivity index (χ3v) is 7.60. The van der Waals surface area contributed by atoms with Gasteiger partial charge in [0.15, 0.2) is 0 Å². The molecule has 0 aliphatic carbocycles. The predicted octanol–water partition coefficient (Wildman–Crippen LogP) is 3.60. The minimum atomic E-state index is -3.77. The molecule has 0 amide bonds. The van der Waals surface area contributed by atoms with Crippen LogP contribution in [-0.4, -0.2) is 38.4 Å². The van der Waals surface area contributed by atoms with Crippen LogP contribution in [0.3, 0.4) is 0 Å². The van der Waals surface area contributed by atoms with Crippen molar-refractivity contribution in [2.75, 3.05) is 19.7 Å². The van der Waals surface area contributed by atoms with Crippen LogP contribution >= 0.6 is 11.3 Å². The lowest BCUT2D eigenvalue weighted by atomic mass is 9.75. The van der Waals surface area contributed by atoms with Crippen LogP contribution in [0.25, 0.3) is 0 Å². The van der Waals surface area contributed by atoms with E-state index in [2.05, 4.69) is 0 Å². The smallest absolute Gasteiger partial charge is 0.313 e. The second-order valence-electron chi connectivity index (χ2n) is 6.81. The summed E-state index contributed by atoms with van der Waals surface area (Å²) in [5.41, 5.74) is -1.07. The number of thiophene rings is 1. The van der Waals surface area contributed by atoms with Gasteiger partial charge in [0.1, 0.15) is 11.6 Å². The number of carbonyl (C=O) groups is 1. The van der Waals surface area contributed by atoms with Crippen LogP contribution in [-0.2, 0) is 26.0 Å². The molecule has 5 nitrogen and oxygen atoms in total. The van der Waals surface area contributed by atoms with Crippen LogP contribution in [0.15, 0.2) is 39.9 Å². The number of hydrogen-bond acceptors (Lipinski definition) is 5. The number of benzene rings is 1. The molecular weight excluding hydrogens is 408 g/mol. The summed E-state index contributed by atoms with van der Waals surface area (Å²) >= 11 is 1.27. The minimum absolute atomic E-state index is 0.0619. The lowest BCUT2D eigenvalue weighted by molar-refractivity contribution is -0.157. The predicted molar refractivity (Wildman–Crippen MR) is 101 cm³/mol. The van der Waals surface area contributed by atoms with Crippen molar-refractivity contribution in [3.05, 3.63) is 52.2 Å². The number of esters is 1. The molecular formula is C19H21F2NO4S2. The fraction of sp³-hybridized carbons (Fsp3) is 0.421. The molecule has 3 rings (SSSR count). The Hall–Kier alpha value is -1.84. The quantitative estimate of drug-likeness (QED) is 0.658. The summed E-state index contributed by atoms with van der Waals surface area (Å²) in [6.45, 7) is 1.95. The lowest BCUT2D eigenvalue weighted by Gasteiger charge is -2.40. The summed E-state index contributed by atoms with van der Waals surface area (Å²) in [6, 6.07) is 4.69. The zero-order chi connectivity index (χ0) is 20.4. The van der Waals surface area contributed by atoms with E-state index in [1.54, 1.807) is 12.3 Å². The first kappa shape index (κ1) is 20.9. The van der Waals surface area contributed by atoms with E-state index in [-0.39, 0.29) is 36.6 Å². The van der Waals surface area contributed by atoms with E-state index in [1.807, 2.05) is 0 Å². The second kappa shape index (κ2) is 8.26. The molecule has 2 aromatic rings. The van der Waals surface area contributed by atoms with E-state index in [0.717, 1.165) is 12.1 Å². The Labute approximate surface area is 167 Å². The van der Waals surface area contributed by atoms with Crippen molar-refractivity contribution in [3.63, 3.8) is 0 Å². The summed E-state index contributed by atoms with van der Waals surface area (Å²) in [6.07, 6.45) is 0.733. The molecule has 2 heterocycles. The van der Waals surface area contributed by atoms with E-state index in [9.17, 15) is 22.0 Å². The number of sulfonamides is 1. The molecule has 1 aromatic heterocycles. The third kappa shape index (κ3) is 4.11. The number of hydrogen-bond donors (Lipinski definition) is 0. The first-order valence-corrected chi connectivity index (χ1v) is 11.3. The lowest BCUT2D eigenvalue weighted by Crippen LogP contribution is -2.51. The number of halogens is 2. The summed E-state index contributed by atoms with van der Waals surface area (Å²) in [5.74, 6) is -2.04. The standard InChI is InChI=1S/C19H21F2NO4S2/c1-2-26-18(23)19(11-14-4-5-15(20)10-17(14)21)7-3-8-22(13-19)28(24,25)16-6-9-27-12-16/h4-6,9-10,12H,2-3,7-8,11,13H2,1H3. The number of ether oxygens (including phenoxy) is 1. The molecule has 0 radical (unpaired) electrons. The van der Waals surface area contributed by atoms with Crippen molar-refractivity contribution < 1.29 is 26.7 Å². The molecule has 0 bridgehead atoms. The van der Waals surface area contributed by atoms with E-state index in [0.29, 0.717) is 12.8 Å². The molecule has 1 fully saturated rings. The molecule has 1 atom stereocenters. The van der Waals surface area contributed by atoms with Gasteiger partial charge in [0, 0.05) is 24.5 Å². The van der Waals surface area contributed by atoms with Gasteiger partial charge in [0.2, 0.25) is 10.0 Å². The van der Waals surface area contributed by atoms with Gasteiger partial charge in [-0.1, -0.05) is 6.07 Å². The first-order valence-electron chi connectivity index (χ1n) is 8.92. The Morgan fingerprint density at radius 2 is 2.11 bits per heavy atom. The summed E-state index contributed by atoms with van der Waals surface area (Å²) < 4.78 is 59.9. The van der Waals surface area contributed by atoms with Gasteiger partial charge in [-0.3, -0.25) is 4.79 Å². The maximum Gasteiger partial charge on any atom is 0.313 e. The average molecular weight is 430 g/mol. The third-order valence-electron chi connectivity index (χ3n) is 4.93. The summed E-state index contributed by atoms with van der Waals surface area (Å²) in [7, 11) is -3.77. The minimum Gasteiger partial charge on any atom is -0.466 e. The highest BCUT2D eigenvalue weighted by Gasteiger charge is 2.47. The molecule has 0 N–H and O–H groups in total. The van der Waals surface area contributed by atoms with Crippen molar-refractivity contribution in [2.45, 2.75) is 31.1 Å². The monoisotopic (exact) mass is 429 g/mol. The Morgan fingerprint density at radius 3 is 2.75 bits per heavy atom. The van der Waals surface area contributed by atoms with Crippen molar-refractivity contribution in [2.24, 2.45) is 5.41 Å². The van der Waals surface area contributed by atoms with Gasteiger partial charge in [0.25, 0.3) is 0 Å². The first-order chi connectivity index (χ1) is 13.3. The van der Waals surface area contributed by atoms with E-state index in [4.69, 9.17) is 4.74 Å². The Balaban J connectivity index is 1.96. The maximum absolute atomic E-state index is 14.3. The second-order valence-corrected chi connectivity index (χ2v) is 9.53. The van der Waals surface area contributed by atoms with Crippen LogP contribution < -0.4 is 0 Å². The number of rotatable bonds is 6. The number of carbonyl (C=O) groups excluding carboxylic acids is 1. The average Bonchev–Trinajstić information content (AvgIpc) is 3.20. The van der Waals surface area contributed by atoms with Crippen LogP contribution in [0.5, 0.6) is 0 Å². The van der Waals surface area contributed by atoms with Gasteiger partial charge in [-0.15, -0.1) is 0 Å². The van der Waals surface area contributed by atoms with Crippen LogP contribution in [0, 0.1) is 17.0 Å².